The number of hydrogen-bond donors (Lipinski definition) is 0. The van der Waals surface area contributed by atoms with Crippen molar-refractivity contribution in [3.05, 3.63) is 139 Å². The van der Waals surface area contributed by atoms with Gasteiger partial charge in [0.1, 0.15) is 17.2 Å². The van der Waals surface area contributed by atoms with Crippen LogP contribution in [-0.2, 0) is 0 Å². The van der Waals surface area contributed by atoms with Gasteiger partial charge in [-0.3, -0.25) is 0 Å². The molecule has 186 valence electrons. The molecule has 0 spiro atoms. The lowest BCUT2D eigenvalue weighted by Crippen LogP contribution is -2.00. The number of aromatic nitrogens is 1. The minimum atomic E-state index is 0.642. The Balaban J connectivity index is 1.29. The van der Waals surface area contributed by atoms with Gasteiger partial charge in [0.05, 0.1) is 22.3 Å². The molecule has 0 unspecified atom stereocenters. The van der Waals surface area contributed by atoms with Crippen molar-refractivity contribution < 1.29 is 4.42 Å². The summed E-state index contributed by atoms with van der Waals surface area (Å²) in [6.07, 6.45) is 0. The van der Waals surface area contributed by atoms with E-state index in [0.29, 0.717) is 5.56 Å². The summed E-state index contributed by atoms with van der Waals surface area (Å²) in [6, 6.07) is 48.4. The number of benzene rings is 6. The summed E-state index contributed by atoms with van der Waals surface area (Å²) in [5.41, 5.74) is 9.80. The fourth-order valence-electron chi connectivity index (χ4n) is 6.02. The largest absolute Gasteiger partial charge is 0.456 e. The van der Waals surface area contributed by atoms with Gasteiger partial charge in [-0.25, -0.2) is 0 Å². The van der Waals surface area contributed by atoms with Crippen LogP contribution in [0.5, 0.6) is 0 Å². The van der Waals surface area contributed by atoms with Crippen molar-refractivity contribution in [2.75, 3.05) is 0 Å². The Hall–Kier alpha value is -5.59. The van der Waals surface area contributed by atoms with Gasteiger partial charge in [0.15, 0.2) is 0 Å². The third-order valence-electron chi connectivity index (χ3n) is 7.87. The van der Waals surface area contributed by atoms with Gasteiger partial charge in [-0.1, -0.05) is 97.1 Å². The van der Waals surface area contributed by atoms with Crippen molar-refractivity contribution in [1.29, 1.82) is 5.26 Å². The minimum Gasteiger partial charge on any atom is -0.456 e. The van der Waals surface area contributed by atoms with Gasteiger partial charge in [-0.05, 0) is 53.1 Å². The molecule has 40 heavy (non-hydrogen) atoms. The molecule has 0 atom stereocenters. The van der Waals surface area contributed by atoms with Crippen LogP contribution < -0.4 is 0 Å². The molecule has 0 N–H and O–H groups in total. The molecule has 0 saturated heterocycles. The lowest BCUT2D eigenvalue weighted by molar-refractivity contribution is 0.669. The van der Waals surface area contributed by atoms with Crippen molar-refractivity contribution in [3.8, 4) is 34.0 Å². The topological polar surface area (TPSA) is 41.9 Å². The van der Waals surface area contributed by atoms with E-state index in [1.165, 1.54) is 10.8 Å². The zero-order valence-electron chi connectivity index (χ0n) is 21.5. The number of fused-ring (bicyclic) bond motifs is 6. The van der Waals surface area contributed by atoms with Crippen LogP contribution in [0.1, 0.15) is 5.56 Å². The third kappa shape index (κ3) is 3.30. The third-order valence-corrected chi connectivity index (χ3v) is 7.87. The van der Waals surface area contributed by atoms with Crippen molar-refractivity contribution >= 4 is 43.7 Å². The molecule has 0 fully saturated rings. The maximum atomic E-state index is 10.2. The fraction of sp³-hybridized carbons (Fsp3) is 0. The highest BCUT2D eigenvalue weighted by atomic mass is 16.3. The number of nitriles is 1. The molecule has 0 aliphatic heterocycles. The summed E-state index contributed by atoms with van der Waals surface area (Å²) in [4.78, 5) is 0. The average Bonchev–Trinajstić information content (AvgIpc) is 3.56. The molecule has 0 bridgehead atoms. The average molecular weight is 511 g/mol. The van der Waals surface area contributed by atoms with Crippen molar-refractivity contribution in [1.82, 2.24) is 4.57 Å². The van der Waals surface area contributed by atoms with Gasteiger partial charge in [0, 0.05) is 27.1 Å². The van der Waals surface area contributed by atoms with E-state index in [4.69, 9.17) is 4.42 Å². The first kappa shape index (κ1) is 22.4. The highest BCUT2D eigenvalue weighted by Gasteiger charge is 2.18. The summed E-state index contributed by atoms with van der Waals surface area (Å²) in [5.74, 6) is 0. The molecule has 6 aromatic carbocycles. The number of furan rings is 1. The molecule has 8 aromatic rings. The van der Waals surface area contributed by atoms with E-state index in [1.54, 1.807) is 0 Å². The molecule has 0 saturated carbocycles. The quantitative estimate of drug-likeness (QED) is 0.237. The first-order valence-electron chi connectivity index (χ1n) is 13.3. The molecule has 0 amide bonds. The van der Waals surface area contributed by atoms with Crippen molar-refractivity contribution in [3.63, 3.8) is 0 Å². The Morgan fingerprint density at radius 1 is 0.500 bits per heavy atom. The van der Waals surface area contributed by atoms with Crippen molar-refractivity contribution in [2.45, 2.75) is 0 Å². The maximum absolute atomic E-state index is 10.2. The van der Waals surface area contributed by atoms with Crippen LogP contribution in [0, 0.1) is 11.3 Å². The van der Waals surface area contributed by atoms with Crippen LogP contribution in [0.2, 0.25) is 0 Å². The molecule has 8 rings (SSSR count). The monoisotopic (exact) mass is 510 g/mol. The molecular formula is C37H22N2O. The number of nitrogens with zero attached hydrogens (tertiary/aromatic N) is 2. The molecule has 3 nitrogen and oxygen atoms in total. The number of hydrogen-bond acceptors (Lipinski definition) is 2. The minimum absolute atomic E-state index is 0.642. The lowest BCUT2D eigenvalue weighted by Gasteiger charge is -2.16. The molecule has 0 aliphatic rings. The van der Waals surface area contributed by atoms with Crippen LogP contribution in [0.15, 0.2) is 138 Å². The molecule has 3 heteroatoms. The van der Waals surface area contributed by atoms with Crippen LogP contribution in [-0.4, -0.2) is 4.57 Å². The second-order valence-corrected chi connectivity index (χ2v) is 10.1. The first-order valence-corrected chi connectivity index (χ1v) is 13.3. The zero-order valence-corrected chi connectivity index (χ0v) is 21.5. The van der Waals surface area contributed by atoms with E-state index >= 15 is 0 Å². The van der Waals surface area contributed by atoms with E-state index in [0.717, 1.165) is 60.9 Å². The highest BCUT2D eigenvalue weighted by Crippen LogP contribution is 2.38. The number of para-hydroxylation sites is 4. The Bertz CT molecular complexity index is 2220. The van der Waals surface area contributed by atoms with Crippen LogP contribution in [0.25, 0.3) is 71.7 Å². The number of rotatable bonds is 3. The first-order chi connectivity index (χ1) is 19.8. The molecule has 2 aromatic heterocycles. The van der Waals surface area contributed by atoms with E-state index in [1.807, 2.05) is 30.3 Å². The molecule has 0 aliphatic carbocycles. The Kier molecular flexibility index (Phi) is 4.89. The maximum Gasteiger partial charge on any atom is 0.136 e. The molecule has 0 radical (unpaired) electrons. The van der Waals surface area contributed by atoms with Crippen molar-refractivity contribution in [2.24, 2.45) is 0 Å². The van der Waals surface area contributed by atoms with Gasteiger partial charge in [-0.15, -0.1) is 0 Å². The molecule has 2 heterocycles. The van der Waals surface area contributed by atoms with Crippen LogP contribution >= 0.6 is 0 Å². The summed E-state index contributed by atoms with van der Waals surface area (Å²) in [7, 11) is 0. The predicted octanol–water partition coefficient (Wildman–Crippen LogP) is 9.89. The summed E-state index contributed by atoms with van der Waals surface area (Å²) < 4.78 is 8.37. The van der Waals surface area contributed by atoms with E-state index < -0.39 is 0 Å². The zero-order chi connectivity index (χ0) is 26.6. The normalized spacial score (nSPS) is 11.5. The van der Waals surface area contributed by atoms with Crippen LogP contribution in [0.3, 0.4) is 0 Å². The van der Waals surface area contributed by atoms with E-state index in [9.17, 15) is 5.26 Å². The summed E-state index contributed by atoms with van der Waals surface area (Å²) >= 11 is 0. The van der Waals surface area contributed by atoms with Gasteiger partial charge in [-0.2, -0.15) is 5.26 Å². The highest BCUT2D eigenvalue weighted by molar-refractivity contribution is 6.10. The Morgan fingerprint density at radius 3 is 1.82 bits per heavy atom. The smallest absolute Gasteiger partial charge is 0.136 e. The van der Waals surface area contributed by atoms with Gasteiger partial charge >= 0.3 is 0 Å². The fourth-order valence-corrected chi connectivity index (χ4v) is 6.02. The molecular weight excluding hydrogens is 488 g/mol. The SMILES string of the molecule is N#Cc1cccc(-c2ccc(-c3ccc4c(c3)oc3ccccc34)cc2)c1-n1c2ccccc2c2ccccc21. The van der Waals surface area contributed by atoms with E-state index in [2.05, 4.69) is 114 Å². The standard InChI is InChI=1S/C37H22N2O/c38-23-27-8-7-12-28(37(27)39-33-13-4-1-9-29(33)30-10-2-5-14-34(30)39)25-18-16-24(17-19-25)26-20-21-32-31-11-3-6-15-35(31)40-36(32)22-26/h1-22H. The second kappa shape index (κ2) is 8.73. The van der Waals surface area contributed by atoms with E-state index in [-0.39, 0.29) is 0 Å². The van der Waals surface area contributed by atoms with Gasteiger partial charge in [0.2, 0.25) is 0 Å². The summed E-state index contributed by atoms with van der Waals surface area (Å²) in [5, 5.41) is 14.8. The van der Waals surface area contributed by atoms with Crippen LogP contribution in [0.4, 0.5) is 0 Å². The van der Waals surface area contributed by atoms with Gasteiger partial charge < -0.3 is 8.98 Å². The predicted molar refractivity (Wildman–Crippen MR) is 164 cm³/mol. The van der Waals surface area contributed by atoms with Gasteiger partial charge in [0.25, 0.3) is 0 Å². The summed E-state index contributed by atoms with van der Waals surface area (Å²) in [6.45, 7) is 0. The Morgan fingerprint density at radius 2 is 1.10 bits per heavy atom. The Labute approximate surface area is 230 Å². The second-order valence-electron chi connectivity index (χ2n) is 10.1. The lowest BCUT2D eigenvalue weighted by atomic mass is 9.96.